The molecule has 1 aliphatic rings. The molecule has 1 heterocycles. The number of carbonyl (C=O) groups is 3. The van der Waals surface area contributed by atoms with Gasteiger partial charge in [-0.15, -0.1) is 0 Å². The number of rotatable bonds is 4. The molecule has 0 spiro atoms. The molecule has 90 valence electrons. The summed E-state index contributed by atoms with van der Waals surface area (Å²) < 4.78 is 0. The van der Waals surface area contributed by atoms with E-state index in [4.69, 9.17) is 5.73 Å². The summed E-state index contributed by atoms with van der Waals surface area (Å²) in [6, 6.07) is -1.35. The lowest BCUT2D eigenvalue weighted by atomic mass is 10.1. The summed E-state index contributed by atoms with van der Waals surface area (Å²) in [6.45, 7) is 1.92. The van der Waals surface area contributed by atoms with Gasteiger partial charge in [0.05, 0.1) is 12.5 Å². The highest BCUT2D eigenvalue weighted by Gasteiger charge is 2.37. The third-order valence-corrected chi connectivity index (χ3v) is 2.63. The Labute approximate surface area is 94.2 Å². The number of carbonyl (C=O) groups excluding carboxylic acids is 3. The van der Waals surface area contributed by atoms with Crippen LogP contribution >= 0.6 is 0 Å². The first-order valence-corrected chi connectivity index (χ1v) is 5.33. The lowest BCUT2D eigenvalue weighted by Crippen LogP contribution is -2.47. The molecule has 1 fully saturated rings. The molecule has 6 nitrogen and oxygen atoms in total. The number of hydrogen-bond acceptors (Lipinski definition) is 4. The van der Waals surface area contributed by atoms with Crippen molar-refractivity contribution in [1.29, 1.82) is 0 Å². The fraction of sp³-hybridized carbons (Fsp3) is 0.700. The van der Waals surface area contributed by atoms with E-state index in [0.717, 1.165) is 11.3 Å². The topological polar surface area (TPSA) is 92.5 Å². The van der Waals surface area contributed by atoms with Crippen LogP contribution in [-0.4, -0.2) is 41.8 Å². The van der Waals surface area contributed by atoms with Crippen molar-refractivity contribution in [2.75, 3.05) is 7.05 Å². The Bertz CT molecular complexity index is 316. The highest BCUT2D eigenvalue weighted by molar-refractivity contribution is 6.06. The Balaban J connectivity index is 2.53. The minimum absolute atomic E-state index is 0.0277. The van der Waals surface area contributed by atoms with Gasteiger partial charge in [0.15, 0.2) is 0 Å². The molecule has 16 heavy (non-hydrogen) atoms. The monoisotopic (exact) mass is 227 g/mol. The summed E-state index contributed by atoms with van der Waals surface area (Å²) in [7, 11) is 1.41. The Morgan fingerprint density at radius 1 is 1.62 bits per heavy atom. The average Bonchev–Trinajstić information content (AvgIpc) is 2.47. The van der Waals surface area contributed by atoms with Crippen LogP contribution in [0.15, 0.2) is 0 Å². The second kappa shape index (κ2) is 5.07. The fourth-order valence-corrected chi connectivity index (χ4v) is 1.59. The number of imide groups is 1. The van der Waals surface area contributed by atoms with E-state index in [2.05, 4.69) is 5.32 Å². The molecule has 0 bridgehead atoms. The van der Waals surface area contributed by atoms with Gasteiger partial charge < -0.3 is 11.1 Å². The largest absolute Gasteiger partial charge is 0.342 e. The van der Waals surface area contributed by atoms with Crippen molar-refractivity contribution < 1.29 is 14.4 Å². The van der Waals surface area contributed by atoms with Crippen molar-refractivity contribution in [2.24, 2.45) is 5.73 Å². The van der Waals surface area contributed by atoms with Crippen LogP contribution in [0.25, 0.3) is 0 Å². The Kier molecular flexibility index (Phi) is 4.00. The summed E-state index contributed by atoms with van der Waals surface area (Å²) in [4.78, 5) is 35.2. The second-order valence-corrected chi connectivity index (χ2v) is 3.95. The first kappa shape index (κ1) is 12.6. The van der Waals surface area contributed by atoms with E-state index in [1.807, 2.05) is 6.92 Å². The lowest BCUT2D eigenvalue weighted by Gasteiger charge is -2.14. The van der Waals surface area contributed by atoms with Crippen LogP contribution < -0.4 is 11.1 Å². The zero-order chi connectivity index (χ0) is 12.3. The zero-order valence-corrected chi connectivity index (χ0v) is 9.53. The lowest BCUT2D eigenvalue weighted by molar-refractivity contribution is -0.138. The molecule has 0 aromatic heterocycles. The molecular formula is C10H17N3O3. The molecule has 0 radical (unpaired) electrons. The number of amides is 3. The molecular weight excluding hydrogens is 210 g/mol. The van der Waals surface area contributed by atoms with Gasteiger partial charge in [-0.05, 0) is 6.42 Å². The standard InChI is InChI=1S/C10H17N3O3/c1-3-4-6(11)9(15)12-7-5-8(14)13(2)10(7)16/h6-7H,3-5,11H2,1-2H3,(H,12,15). The first-order valence-electron chi connectivity index (χ1n) is 5.33. The van der Waals surface area contributed by atoms with Crippen LogP contribution in [0.2, 0.25) is 0 Å². The maximum absolute atomic E-state index is 11.5. The molecule has 6 heteroatoms. The van der Waals surface area contributed by atoms with Crippen LogP contribution in [0.4, 0.5) is 0 Å². The fourth-order valence-electron chi connectivity index (χ4n) is 1.59. The molecule has 1 saturated heterocycles. The van der Waals surface area contributed by atoms with E-state index in [9.17, 15) is 14.4 Å². The summed E-state index contributed by atoms with van der Waals surface area (Å²) in [5, 5.41) is 2.50. The van der Waals surface area contributed by atoms with E-state index in [1.165, 1.54) is 7.05 Å². The molecule has 0 aromatic rings. The number of nitrogens with zero attached hydrogens (tertiary/aromatic N) is 1. The van der Waals surface area contributed by atoms with Gasteiger partial charge in [-0.1, -0.05) is 13.3 Å². The number of likely N-dealkylation sites (N-methyl/N-ethyl adjacent to an activating group) is 1. The SMILES string of the molecule is CCCC(N)C(=O)NC1CC(=O)N(C)C1=O. The summed E-state index contributed by atoms with van der Waals surface area (Å²) in [5.41, 5.74) is 5.60. The quantitative estimate of drug-likeness (QED) is 0.602. The molecule has 2 atom stereocenters. The summed E-state index contributed by atoms with van der Waals surface area (Å²) >= 11 is 0. The number of likely N-dealkylation sites (tertiary alicyclic amines) is 1. The molecule has 3 N–H and O–H groups in total. The van der Waals surface area contributed by atoms with Gasteiger partial charge in [0.2, 0.25) is 11.8 Å². The van der Waals surface area contributed by atoms with Gasteiger partial charge in [-0.25, -0.2) is 0 Å². The van der Waals surface area contributed by atoms with Crippen molar-refractivity contribution in [3.8, 4) is 0 Å². The van der Waals surface area contributed by atoms with E-state index in [0.29, 0.717) is 6.42 Å². The predicted molar refractivity (Wildman–Crippen MR) is 57.2 cm³/mol. The molecule has 2 unspecified atom stereocenters. The summed E-state index contributed by atoms with van der Waals surface area (Å²) in [6.07, 6.45) is 1.39. The average molecular weight is 227 g/mol. The van der Waals surface area contributed by atoms with Crippen LogP contribution in [0, 0.1) is 0 Å². The zero-order valence-electron chi connectivity index (χ0n) is 9.53. The Morgan fingerprint density at radius 2 is 2.25 bits per heavy atom. The second-order valence-electron chi connectivity index (χ2n) is 3.95. The summed E-state index contributed by atoms with van der Waals surface area (Å²) in [5.74, 6) is -1.02. The van der Waals surface area contributed by atoms with Crippen LogP contribution in [-0.2, 0) is 14.4 Å². The maximum atomic E-state index is 11.5. The first-order chi connectivity index (χ1) is 7.47. The van der Waals surface area contributed by atoms with Crippen LogP contribution in [0.3, 0.4) is 0 Å². The highest BCUT2D eigenvalue weighted by Crippen LogP contribution is 2.10. The number of hydrogen-bond donors (Lipinski definition) is 2. The number of nitrogens with two attached hydrogens (primary N) is 1. The van der Waals surface area contributed by atoms with Crippen molar-refractivity contribution in [3.05, 3.63) is 0 Å². The van der Waals surface area contributed by atoms with Crippen molar-refractivity contribution >= 4 is 17.7 Å². The number of nitrogens with one attached hydrogen (secondary N) is 1. The van der Waals surface area contributed by atoms with Crippen molar-refractivity contribution in [2.45, 2.75) is 38.3 Å². The van der Waals surface area contributed by atoms with Gasteiger partial charge in [0.1, 0.15) is 6.04 Å². The van der Waals surface area contributed by atoms with Gasteiger partial charge in [0.25, 0.3) is 5.91 Å². The van der Waals surface area contributed by atoms with Gasteiger partial charge in [-0.3, -0.25) is 19.3 Å². The minimum Gasteiger partial charge on any atom is -0.342 e. The molecule has 1 aliphatic heterocycles. The van der Waals surface area contributed by atoms with Crippen LogP contribution in [0.1, 0.15) is 26.2 Å². The predicted octanol–water partition coefficient (Wildman–Crippen LogP) is -1.01. The smallest absolute Gasteiger partial charge is 0.252 e. The minimum atomic E-state index is -0.743. The Hall–Kier alpha value is -1.43. The van der Waals surface area contributed by atoms with Gasteiger partial charge in [0, 0.05) is 7.05 Å². The Morgan fingerprint density at radius 3 is 2.69 bits per heavy atom. The molecule has 0 saturated carbocycles. The molecule has 0 aromatic carbocycles. The molecule has 3 amide bonds. The normalized spacial score (nSPS) is 22.4. The maximum Gasteiger partial charge on any atom is 0.252 e. The van der Waals surface area contributed by atoms with Crippen LogP contribution in [0.5, 0.6) is 0 Å². The van der Waals surface area contributed by atoms with E-state index >= 15 is 0 Å². The van der Waals surface area contributed by atoms with E-state index in [1.54, 1.807) is 0 Å². The van der Waals surface area contributed by atoms with E-state index in [-0.39, 0.29) is 24.1 Å². The third-order valence-electron chi connectivity index (χ3n) is 2.63. The highest BCUT2D eigenvalue weighted by atomic mass is 16.2. The van der Waals surface area contributed by atoms with Crippen molar-refractivity contribution in [3.63, 3.8) is 0 Å². The van der Waals surface area contributed by atoms with Gasteiger partial charge in [-0.2, -0.15) is 0 Å². The van der Waals surface area contributed by atoms with Crippen molar-refractivity contribution in [1.82, 2.24) is 10.2 Å². The van der Waals surface area contributed by atoms with E-state index < -0.39 is 12.1 Å². The molecule has 0 aliphatic carbocycles. The third kappa shape index (κ3) is 2.57. The van der Waals surface area contributed by atoms with Gasteiger partial charge >= 0.3 is 0 Å². The molecule has 1 rings (SSSR count).